The van der Waals surface area contributed by atoms with Crippen molar-refractivity contribution < 1.29 is 9.18 Å². The number of hydrogen-bond donors (Lipinski definition) is 0. The highest BCUT2D eigenvalue weighted by Crippen LogP contribution is 2.13. The maximum Gasteiger partial charge on any atom is 0.274 e. The summed E-state index contributed by atoms with van der Waals surface area (Å²) in [6, 6.07) is 13.7. The Hall–Kier alpha value is -2.82. The Bertz CT molecular complexity index is 850. The quantitative estimate of drug-likeness (QED) is 0.742. The molecule has 3 aromatic rings. The lowest BCUT2D eigenvalue weighted by molar-refractivity contribution is 0.0746. The van der Waals surface area contributed by atoms with Gasteiger partial charge in [0.1, 0.15) is 11.5 Å². The first-order valence-corrected chi connectivity index (χ1v) is 7.43. The standard InChI is InChI=1S/C18H16FN3O/c1-2-22(12-13-6-5-7-14(19)10-13)18(23)17-11-20-15-8-3-4-9-16(15)21-17/h3-11H,2,12H2,1H3. The number of rotatable bonds is 4. The summed E-state index contributed by atoms with van der Waals surface area (Å²) in [5, 5.41) is 0. The van der Waals surface area contributed by atoms with E-state index in [1.807, 2.05) is 31.2 Å². The van der Waals surface area contributed by atoms with Gasteiger partial charge < -0.3 is 4.90 Å². The molecule has 3 rings (SSSR count). The number of hydrogen-bond acceptors (Lipinski definition) is 3. The van der Waals surface area contributed by atoms with E-state index in [-0.39, 0.29) is 11.7 Å². The summed E-state index contributed by atoms with van der Waals surface area (Å²) in [5.41, 5.74) is 2.47. The van der Waals surface area contributed by atoms with Gasteiger partial charge >= 0.3 is 0 Å². The zero-order valence-electron chi connectivity index (χ0n) is 12.7. The minimum atomic E-state index is -0.309. The van der Waals surface area contributed by atoms with Crippen molar-refractivity contribution in [2.75, 3.05) is 6.54 Å². The third-order valence-electron chi connectivity index (χ3n) is 3.60. The van der Waals surface area contributed by atoms with Crippen molar-refractivity contribution in [1.82, 2.24) is 14.9 Å². The van der Waals surface area contributed by atoms with Crippen molar-refractivity contribution in [3.8, 4) is 0 Å². The molecular formula is C18H16FN3O. The number of para-hydroxylation sites is 2. The average Bonchev–Trinajstić information content (AvgIpc) is 2.58. The zero-order valence-corrected chi connectivity index (χ0v) is 12.7. The van der Waals surface area contributed by atoms with Gasteiger partial charge in [-0.15, -0.1) is 0 Å². The lowest BCUT2D eigenvalue weighted by atomic mass is 10.2. The number of benzene rings is 2. The summed E-state index contributed by atoms with van der Waals surface area (Å²) in [4.78, 5) is 22.9. The summed E-state index contributed by atoms with van der Waals surface area (Å²) in [5.74, 6) is -0.522. The Morgan fingerprint density at radius 3 is 2.65 bits per heavy atom. The maximum absolute atomic E-state index is 13.3. The summed E-state index contributed by atoms with van der Waals surface area (Å²) in [6.45, 7) is 2.72. The molecule has 23 heavy (non-hydrogen) atoms. The normalized spacial score (nSPS) is 10.7. The first kappa shape index (κ1) is 15.1. The number of carbonyl (C=O) groups is 1. The second kappa shape index (κ2) is 6.52. The highest BCUT2D eigenvalue weighted by Gasteiger charge is 2.17. The third-order valence-corrected chi connectivity index (χ3v) is 3.60. The molecule has 116 valence electrons. The predicted molar refractivity (Wildman–Crippen MR) is 86.4 cm³/mol. The van der Waals surface area contributed by atoms with Gasteiger partial charge in [-0.1, -0.05) is 24.3 Å². The van der Waals surface area contributed by atoms with Crippen molar-refractivity contribution in [2.24, 2.45) is 0 Å². The lowest BCUT2D eigenvalue weighted by Gasteiger charge is -2.20. The first-order chi connectivity index (χ1) is 11.2. The van der Waals surface area contributed by atoms with Crippen molar-refractivity contribution >= 4 is 16.9 Å². The highest BCUT2D eigenvalue weighted by molar-refractivity contribution is 5.93. The monoisotopic (exact) mass is 309 g/mol. The van der Waals surface area contributed by atoms with E-state index >= 15 is 0 Å². The summed E-state index contributed by atoms with van der Waals surface area (Å²) >= 11 is 0. The van der Waals surface area contributed by atoms with Crippen LogP contribution in [0.15, 0.2) is 54.7 Å². The number of carbonyl (C=O) groups excluding carboxylic acids is 1. The molecule has 2 aromatic carbocycles. The largest absolute Gasteiger partial charge is 0.333 e. The number of amides is 1. The molecule has 4 nitrogen and oxygen atoms in total. The van der Waals surface area contributed by atoms with Crippen LogP contribution >= 0.6 is 0 Å². The van der Waals surface area contributed by atoms with Gasteiger partial charge in [0, 0.05) is 13.1 Å². The van der Waals surface area contributed by atoms with Gasteiger partial charge in [-0.2, -0.15) is 0 Å². The molecule has 0 saturated carbocycles. The van der Waals surface area contributed by atoms with Crippen LogP contribution in [0.2, 0.25) is 0 Å². The van der Waals surface area contributed by atoms with Crippen LogP contribution in [-0.4, -0.2) is 27.3 Å². The lowest BCUT2D eigenvalue weighted by Crippen LogP contribution is -2.31. The summed E-state index contributed by atoms with van der Waals surface area (Å²) in [7, 11) is 0. The van der Waals surface area contributed by atoms with Crippen LogP contribution in [0.3, 0.4) is 0 Å². The molecule has 0 aliphatic heterocycles. The van der Waals surface area contributed by atoms with Crippen molar-refractivity contribution in [1.29, 1.82) is 0 Å². The molecular weight excluding hydrogens is 293 g/mol. The molecule has 0 aliphatic rings. The number of fused-ring (bicyclic) bond motifs is 1. The molecule has 0 fully saturated rings. The van der Waals surface area contributed by atoms with Gasteiger partial charge in [0.2, 0.25) is 0 Å². The number of aromatic nitrogens is 2. The Labute approximate surface area is 133 Å². The van der Waals surface area contributed by atoms with Gasteiger partial charge in [0.25, 0.3) is 5.91 Å². The highest BCUT2D eigenvalue weighted by atomic mass is 19.1. The van der Waals surface area contributed by atoms with E-state index in [4.69, 9.17) is 0 Å². The van der Waals surface area contributed by atoms with Gasteiger partial charge in [0.15, 0.2) is 0 Å². The average molecular weight is 309 g/mol. The van der Waals surface area contributed by atoms with E-state index in [9.17, 15) is 9.18 Å². The van der Waals surface area contributed by atoms with Crippen molar-refractivity contribution in [3.05, 3.63) is 71.8 Å². The number of nitrogens with zero attached hydrogens (tertiary/aromatic N) is 3. The molecule has 0 unspecified atom stereocenters. The second-order valence-electron chi connectivity index (χ2n) is 5.19. The topological polar surface area (TPSA) is 46.1 Å². The zero-order chi connectivity index (χ0) is 16.2. The summed E-state index contributed by atoms with van der Waals surface area (Å²) < 4.78 is 13.3. The maximum atomic E-state index is 13.3. The molecule has 1 heterocycles. The van der Waals surface area contributed by atoms with Gasteiger partial charge in [-0.3, -0.25) is 9.78 Å². The fourth-order valence-electron chi connectivity index (χ4n) is 2.41. The van der Waals surface area contributed by atoms with Crippen LogP contribution in [0.25, 0.3) is 11.0 Å². The Morgan fingerprint density at radius 2 is 1.91 bits per heavy atom. The molecule has 0 aliphatic carbocycles. The number of halogens is 1. The molecule has 5 heteroatoms. The minimum Gasteiger partial charge on any atom is -0.333 e. The van der Waals surface area contributed by atoms with Gasteiger partial charge in [-0.05, 0) is 36.8 Å². The molecule has 0 bridgehead atoms. The van der Waals surface area contributed by atoms with Crippen molar-refractivity contribution in [3.63, 3.8) is 0 Å². The van der Waals surface area contributed by atoms with E-state index in [0.717, 1.165) is 11.1 Å². The van der Waals surface area contributed by atoms with E-state index in [2.05, 4.69) is 9.97 Å². The SMILES string of the molecule is CCN(Cc1cccc(F)c1)C(=O)c1cnc2ccccc2n1. The molecule has 0 saturated heterocycles. The van der Waals surface area contributed by atoms with Crippen molar-refractivity contribution in [2.45, 2.75) is 13.5 Å². The van der Waals surface area contributed by atoms with Crippen LogP contribution in [0.5, 0.6) is 0 Å². The Balaban J connectivity index is 1.86. The Morgan fingerprint density at radius 1 is 1.13 bits per heavy atom. The van der Waals surface area contributed by atoms with E-state index in [1.165, 1.54) is 18.3 Å². The van der Waals surface area contributed by atoms with Gasteiger partial charge in [-0.25, -0.2) is 9.37 Å². The molecule has 0 radical (unpaired) electrons. The molecule has 0 N–H and O–H groups in total. The predicted octanol–water partition coefficient (Wildman–Crippen LogP) is 3.43. The molecule has 1 aromatic heterocycles. The smallest absolute Gasteiger partial charge is 0.274 e. The van der Waals surface area contributed by atoms with E-state index < -0.39 is 0 Å². The van der Waals surface area contributed by atoms with Crippen LogP contribution in [-0.2, 0) is 6.54 Å². The first-order valence-electron chi connectivity index (χ1n) is 7.43. The molecule has 0 spiro atoms. The van der Waals surface area contributed by atoms with Crippen LogP contribution in [0.4, 0.5) is 4.39 Å². The van der Waals surface area contributed by atoms with E-state index in [1.54, 1.807) is 17.0 Å². The molecule has 1 amide bonds. The minimum absolute atomic E-state index is 0.213. The van der Waals surface area contributed by atoms with E-state index in [0.29, 0.717) is 24.3 Å². The Kier molecular flexibility index (Phi) is 4.28. The van der Waals surface area contributed by atoms with Crippen LogP contribution in [0, 0.1) is 5.82 Å². The second-order valence-corrected chi connectivity index (χ2v) is 5.19. The summed E-state index contributed by atoms with van der Waals surface area (Å²) in [6.07, 6.45) is 1.49. The third kappa shape index (κ3) is 3.34. The fraction of sp³-hybridized carbons (Fsp3) is 0.167. The molecule has 0 atom stereocenters. The fourth-order valence-corrected chi connectivity index (χ4v) is 2.41. The van der Waals surface area contributed by atoms with Gasteiger partial charge in [0.05, 0.1) is 17.2 Å². The van der Waals surface area contributed by atoms with Crippen LogP contribution < -0.4 is 0 Å². The van der Waals surface area contributed by atoms with Crippen LogP contribution in [0.1, 0.15) is 23.0 Å².